The first kappa shape index (κ1) is 14.6. The fourth-order valence-corrected chi connectivity index (χ4v) is 2.09. The number of carbonyl (C=O) groups is 1. The number of carboxylic acids is 1. The lowest BCUT2D eigenvalue weighted by molar-refractivity contribution is -0.138. The summed E-state index contributed by atoms with van der Waals surface area (Å²) in [5.74, 6) is -1.72. The van der Waals surface area contributed by atoms with E-state index in [1.54, 1.807) is 24.3 Å². The van der Waals surface area contributed by atoms with Gasteiger partial charge in [0, 0.05) is 0 Å². The number of carboxylic acid groups (broad SMARTS) is 1. The SMILES string of the molecule is O=C(O)C(Nc1ccccc1Cl)c1ccc(F)c(Cl)c1. The maximum atomic E-state index is 13.1. The van der Waals surface area contributed by atoms with Crippen molar-refractivity contribution in [2.45, 2.75) is 6.04 Å². The predicted octanol–water partition coefficient (Wildman–Crippen LogP) is 4.37. The molecule has 0 fully saturated rings. The Morgan fingerprint density at radius 1 is 1.15 bits per heavy atom. The normalized spacial score (nSPS) is 11.9. The number of halogens is 3. The third-order valence-electron chi connectivity index (χ3n) is 2.70. The number of hydrogen-bond acceptors (Lipinski definition) is 2. The van der Waals surface area contributed by atoms with E-state index in [-0.39, 0.29) is 5.02 Å². The highest BCUT2D eigenvalue weighted by Gasteiger charge is 2.21. The van der Waals surface area contributed by atoms with Gasteiger partial charge in [-0.1, -0.05) is 41.4 Å². The maximum Gasteiger partial charge on any atom is 0.330 e. The largest absolute Gasteiger partial charge is 0.479 e. The molecular weight excluding hydrogens is 304 g/mol. The van der Waals surface area contributed by atoms with Gasteiger partial charge in [0.1, 0.15) is 5.82 Å². The molecule has 2 aromatic rings. The van der Waals surface area contributed by atoms with Gasteiger partial charge in [-0.3, -0.25) is 0 Å². The molecule has 0 aliphatic carbocycles. The number of hydrogen-bond donors (Lipinski definition) is 2. The van der Waals surface area contributed by atoms with E-state index in [9.17, 15) is 14.3 Å². The van der Waals surface area contributed by atoms with Crippen molar-refractivity contribution in [3.8, 4) is 0 Å². The highest BCUT2D eigenvalue weighted by atomic mass is 35.5. The molecule has 0 heterocycles. The maximum absolute atomic E-state index is 13.1. The zero-order valence-corrected chi connectivity index (χ0v) is 11.6. The number of aliphatic carboxylic acids is 1. The van der Waals surface area contributed by atoms with Crippen molar-refractivity contribution < 1.29 is 14.3 Å². The molecule has 0 saturated carbocycles. The summed E-state index contributed by atoms with van der Waals surface area (Å²) in [7, 11) is 0. The van der Waals surface area contributed by atoms with Crippen LogP contribution in [0.5, 0.6) is 0 Å². The van der Waals surface area contributed by atoms with Gasteiger partial charge in [-0.2, -0.15) is 0 Å². The van der Waals surface area contributed by atoms with Gasteiger partial charge >= 0.3 is 5.97 Å². The molecule has 0 aliphatic heterocycles. The van der Waals surface area contributed by atoms with Crippen LogP contribution in [0.15, 0.2) is 42.5 Å². The Kier molecular flexibility index (Phi) is 4.47. The molecule has 0 aliphatic rings. The molecule has 104 valence electrons. The van der Waals surface area contributed by atoms with E-state index in [1.807, 2.05) is 0 Å². The highest BCUT2D eigenvalue weighted by Crippen LogP contribution is 2.28. The molecule has 0 aromatic heterocycles. The molecule has 0 radical (unpaired) electrons. The summed E-state index contributed by atoms with van der Waals surface area (Å²) in [6.07, 6.45) is 0. The van der Waals surface area contributed by atoms with E-state index in [4.69, 9.17) is 23.2 Å². The van der Waals surface area contributed by atoms with Crippen LogP contribution in [0.3, 0.4) is 0 Å². The topological polar surface area (TPSA) is 49.3 Å². The second-order valence-corrected chi connectivity index (χ2v) is 4.88. The Hall–Kier alpha value is -1.78. The van der Waals surface area contributed by atoms with Crippen molar-refractivity contribution in [1.29, 1.82) is 0 Å². The molecule has 0 amide bonds. The van der Waals surface area contributed by atoms with Gasteiger partial charge < -0.3 is 10.4 Å². The number of rotatable bonds is 4. The molecular formula is C14H10Cl2FNO2. The molecule has 0 bridgehead atoms. The summed E-state index contributed by atoms with van der Waals surface area (Å²) in [6.45, 7) is 0. The summed E-state index contributed by atoms with van der Waals surface area (Å²) in [5, 5.41) is 12.4. The highest BCUT2D eigenvalue weighted by molar-refractivity contribution is 6.33. The van der Waals surface area contributed by atoms with Crippen molar-refractivity contribution >= 4 is 34.9 Å². The van der Waals surface area contributed by atoms with Gasteiger partial charge in [0.15, 0.2) is 6.04 Å². The van der Waals surface area contributed by atoms with E-state index in [2.05, 4.69) is 5.32 Å². The molecule has 2 aromatic carbocycles. The van der Waals surface area contributed by atoms with Crippen molar-refractivity contribution in [2.75, 3.05) is 5.32 Å². The lowest BCUT2D eigenvalue weighted by atomic mass is 10.1. The second-order valence-electron chi connectivity index (χ2n) is 4.07. The summed E-state index contributed by atoms with van der Waals surface area (Å²) < 4.78 is 13.1. The molecule has 3 nitrogen and oxygen atoms in total. The zero-order chi connectivity index (χ0) is 14.7. The first-order valence-electron chi connectivity index (χ1n) is 5.68. The van der Waals surface area contributed by atoms with Gasteiger partial charge in [-0.15, -0.1) is 0 Å². The van der Waals surface area contributed by atoms with Crippen molar-refractivity contribution in [3.05, 3.63) is 63.9 Å². The molecule has 0 saturated heterocycles. The number of para-hydroxylation sites is 1. The van der Waals surface area contributed by atoms with Gasteiger partial charge in [0.05, 0.1) is 15.7 Å². The van der Waals surface area contributed by atoms with Crippen LogP contribution in [0.4, 0.5) is 10.1 Å². The van der Waals surface area contributed by atoms with Crippen LogP contribution < -0.4 is 5.32 Å². The average molecular weight is 314 g/mol. The summed E-state index contributed by atoms with van der Waals surface area (Å²) in [6, 6.07) is 9.45. The van der Waals surface area contributed by atoms with Gasteiger partial charge in [-0.25, -0.2) is 9.18 Å². The van der Waals surface area contributed by atoms with Crippen LogP contribution >= 0.6 is 23.2 Å². The third-order valence-corrected chi connectivity index (χ3v) is 3.32. The van der Waals surface area contributed by atoms with Gasteiger partial charge in [0.25, 0.3) is 0 Å². The van der Waals surface area contributed by atoms with E-state index in [0.29, 0.717) is 16.3 Å². The lowest BCUT2D eigenvalue weighted by Crippen LogP contribution is -2.20. The number of anilines is 1. The van der Waals surface area contributed by atoms with Crippen molar-refractivity contribution in [2.24, 2.45) is 0 Å². The molecule has 20 heavy (non-hydrogen) atoms. The van der Waals surface area contributed by atoms with Crippen LogP contribution in [0.2, 0.25) is 10.0 Å². The Balaban J connectivity index is 2.34. The minimum atomic E-state index is -1.12. The van der Waals surface area contributed by atoms with Crippen molar-refractivity contribution in [3.63, 3.8) is 0 Å². The van der Waals surface area contributed by atoms with Crippen LogP contribution in [0, 0.1) is 5.82 Å². The lowest BCUT2D eigenvalue weighted by Gasteiger charge is -2.17. The van der Waals surface area contributed by atoms with E-state index in [0.717, 1.165) is 6.07 Å². The van der Waals surface area contributed by atoms with E-state index in [1.165, 1.54) is 12.1 Å². The minimum Gasteiger partial charge on any atom is -0.479 e. The number of nitrogens with one attached hydrogen (secondary N) is 1. The number of benzene rings is 2. The Morgan fingerprint density at radius 2 is 1.85 bits per heavy atom. The molecule has 0 spiro atoms. The van der Waals surface area contributed by atoms with Crippen LogP contribution in [0.1, 0.15) is 11.6 Å². The predicted molar refractivity (Wildman–Crippen MR) is 76.9 cm³/mol. The fourth-order valence-electron chi connectivity index (χ4n) is 1.71. The summed E-state index contributed by atoms with van der Waals surface area (Å²) in [5.41, 5.74) is 0.811. The molecule has 6 heteroatoms. The van der Waals surface area contributed by atoms with E-state index >= 15 is 0 Å². The molecule has 2 N–H and O–H groups in total. The average Bonchev–Trinajstić information content (AvgIpc) is 2.41. The zero-order valence-electron chi connectivity index (χ0n) is 10.1. The first-order chi connectivity index (χ1) is 9.49. The summed E-state index contributed by atoms with van der Waals surface area (Å²) in [4.78, 5) is 11.4. The molecule has 2 rings (SSSR count). The third kappa shape index (κ3) is 3.21. The van der Waals surface area contributed by atoms with Crippen molar-refractivity contribution in [1.82, 2.24) is 0 Å². The van der Waals surface area contributed by atoms with Crippen LogP contribution in [-0.2, 0) is 4.79 Å². The van der Waals surface area contributed by atoms with Crippen LogP contribution in [0.25, 0.3) is 0 Å². The van der Waals surface area contributed by atoms with Gasteiger partial charge in [-0.05, 0) is 29.8 Å². The second kappa shape index (κ2) is 6.11. The Bertz CT molecular complexity index is 649. The van der Waals surface area contributed by atoms with E-state index < -0.39 is 17.8 Å². The van der Waals surface area contributed by atoms with Crippen LogP contribution in [-0.4, -0.2) is 11.1 Å². The summed E-state index contributed by atoms with van der Waals surface area (Å²) >= 11 is 11.7. The smallest absolute Gasteiger partial charge is 0.330 e. The molecule has 1 unspecified atom stereocenters. The monoisotopic (exact) mass is 313 g/mol. The molecule has 1 atom stereocenters. The minimum absolute atomic E-state index is 0.130. The standard InChI is InChI=1S/C14H10Cl2FNO2/c15-9-3-1-2-4-12(9)18-13(14(19)20)8-5-6-11(17)10(16)7-8/h1-7,13,18H,(H,19,20). The quantitative estimate of drug-likeness (QED) is 0.881. The first-order valence-corrected chi connectivity index (χ1v) is 6.43. The fraction of sp³-hybridized carbons (Fsp3) is 0.0714. The Labute approximate surface area is 124 Å². The van der Waals surface area contributed by atoms with Gasteiger partial charge in [0.2, 0.25) is 0 Å². The Morgan fingerprint density at radius 3 is 2.45 bits per heavy atom.